The van der Waals surface area contributed by atoms with Gasteiger partial charge in [0, 0.05) is 25.9 Å². The van der Waals surface area contributed by atoms with Crippen molar-refractivity contribution in [1.29, 1.82) is 0 Å². The highest BCUT2D eigenvalue weighted by molar-refractivity contribution is 5.96. The van der Waals surface area contributed by atoms with Crippen molar-refractivity contribution in [2.75, 3.05) is 23.3 Å². The summed E-state index contributed by atoms with van der Waals surface area (Å²) in [7, 11) is 0. The molecule has 102 valence electrons. The van der Waals surface area contributed by atoms with Gasteiger partial charge in [0.05, 0.1) is 11.4 Å². The average molecular weight is 262 g/mol. The van der Waals surface area contributed by atoms with E-state index in [4.69, 9.17) is 5.11 Å². The van der Waals surface area contributed by atoms with Crippen LogP contribution in [0.5, 0.6) is 0 Å². The fourth-order valence-electron chi connectivity index (χ4n) is 2.24. The fourth-order valence-corrected chi connectivity index (χ4v) is 2.24. The first kappa shape index (κ1) is 13.4. The highest BCUT2D eigenvalue weighted by atomic mass is 16.4. The number of hydrogen-bond donors (Lipinski definition) is 2. The summed E-state index contributed by atoms with van der Waals surface area (Å²) in [6, 6.07) is 7.72. The van der Waals surface area contributed by atoms with Crippen LogP contribution in [-0.4, -0.2) is 30.1 Å². The van der Waals surface area contributed by atoms with Crippen molar-refractivity contribution in [2.24, 2.45) is 0 Å². The molecule has 1 aliphatic rings. The number of aliphatic carboxylic acids is 1. The van der Waals surface area contributed by atoms with Gasteiger partial charge in [-0.1, -0.05) is 12.1 Å². The third-order valence-corrected chi connectivity index (χ3v) is 3.20. The lowest BCUT2D eigenvalue weighted by Gasteiger charge is -2.23. The molecule has 0 saturated heterocycles. The average Bonchev–Trinajstić information content (AvgIpc) is 2.53. The minimum Gasteiger partial charge on any atom is -0.481 e. The van der Waals surface area contributed by atoms with E-state index in [0.29, 0.717) is 19.4 Å². The first-order valence-electron chi connectivity index (χ1n) is 6.52. The van der Waals surface area contributed by atoms with Gasteiger partial charge in [0.25, 0.3) is 0 Å². The molecule has 19 heavy (non-hydrogen) atoms. The fraction of sp³-hybridized carbons (Fsp3) is 0.429. The maximum absolute atomic E-state index is 11.6. The van der Waals surface area contributed by atoms with Gasteiger partial charge < -0.3 is 15.3 Å². The Morgan fingerprint density at radius 2 is 2.11 bits per heavy atom. The van der Waals surface area contributed by atoms with Crippen molar-refractivity contribution in [1.82, 2.24) is 0 Å². The van der Waals surface area contributed by atoms with Crippen molar-refractivity contribution < 1.29 is 14.7 Å². The number of fused-ring (bicyclic) bond motifs is 1. The van der Waals surface area contributed by atoms with Gasteiger partial charge in [-0.25, -0.2) is 0 Å². The number of rotatable bonds is 5. The lowest BCUT2D eigenvalue weighted by Crippen LogP contribution is -2.25. The Balaban J connectivity index is 2.00. The standard InChI is InChI=1S/C14H18N2O3/c17-13-8-10-16(9-4-3-7-14(18)19)12-6-2-1-5-11(12)15-13/h1-2,5-6H,3-4,7-10H2,(H,15,17)(H,18,19). The van der Waals surface area contributed by atoms with Gasteiger partial charge in [-0.05, 0) is 25.0 Å². The van der Waals surface area contributed by atoms with Crippen LogP contribution in [0.1, 0.15) is 25.7 Å². The van der Waals surface area contributed by atoms with Crippen LogP contribution in [0, 0.1) is 0 Å². The van der Waals surface area contributed by atoms with Crippen LogP contribution < -0.4 is 10.2 Å². The molecular formula is C14H18N2O3. The first-order chi connectivity index (χ1) is 9.16. The number of carboxylic acids is 1. The van der Waals surface area contributed by atoms with Crippen LogP contribution in [0.3, 0.4) is 0 Å². The van der Waals surface area contributed by atoms with E-state index < -0.39 is 5.97 Å². The van der Waals surface area contributed by atoms with E-state index in [9.17, 15) is 9.59 Å². The zero-order valence-electron chi connectivity index (χ0n) is 10.8. The second-order valence-electron chi connectivity index (χ2n) is 4.65. The van der Waals surface area contributed by atoms with E-state index in [-0.39, 0.29) is 12.3 Å². The molecule has 1 aromatic carbocycles. The van der Waals surface area contributed by atoms with Gasteiger partial charge in [-0.2, -0.15) is 0 Å². The van der Waals surface area contributed by atoms with Gasteiger partial charge in [-0.3, -0.25) is 9.59 Å². The molecule has 0 bridgehead atoms. The molecule has 0 fully saturated rings. The summed E-state index contributed by atoms with van der Waals surface area (Å²) in [6.45, 7) is 1.45. The van der Waals surface area contributed by atoms with E-state index in [1.165, 1.54) is 0 Å². The van der Waals surface area contributed by atoms with Crippen molar-refractivity contribution in [3.8, 4) is 0 Å². The topological polar surface area (TPSA) is 69.6 Å². The molecule has 1 aromatic rings. The minimum atomic E-state index is -0.756. The summed E-state index contributed by atoms with van der Waals surface area (Å²) in [5.74, 6) is -0.728. The molecule has 2 N–H and O–H groups in total. The molecule has 0 saturated carbocycles. The van der Waals surface area contributed by atoms with Crippen LogP contribution in [0.4, 0.5) is 11.4 Å². The van der Waals surface area contributed by atoms with E-state index in [2.05, 4.69) is 10.2 Å². The van der Waals surface area contributed by atoms with Crippen molar-refractivity contribution >= 4 is 23.3 Å². The Morgan fingerprint density at radius 1 is 1.32 bits per heavy atom. The summed E-state index contributed by atoms with van der Waals surface area (Å²) in [5, 5.41) is 11.5. The van der Waals surface area contributed by atoms with Gasteiger partial charge in [0.2, 0.25) is 5.91 Å². The molecule has 1 heterocycles. The molecule has 0 aromatic heterocycles. The van der Waals surface area contributed by atoms with Crippen LogP contribution in [0.2, 0.25) is 0 Å². The summed E-state index contributed by atoms with van der Waals surface area (Å²) >= 11 is 0. The summed E-state index contributed by atoms with van der Waals surface area (Å²) in [4.78, 5) is 24.2. The normalized spacial score (nSPS) is 14.5. The van der Waals surface area contributed by atoms with Crippen LogP contribution >= 0.6 is 0 Å². The molecule has 2 rings (SSSR count). The van der Waals surface area contributed by atoms with Crippen LogP contribution in [-0.2, 0) is 9.59 Å². The van der Waals surface area contributed by atoms with E-state index in [0.717, 1.165) is 24.3 Å². The quantitative estimate of drug-likeness (QED) is 0.797. The Bertz CT molecular complexity index is 474. The molecule has 0 radical (unpaired) electrons. The zero-order valence-corrected chi connectivity index (χ0v) is 10.8. The number of unbranched alkanes of at least 4 members (excludes halogenated alkanes) is 1. The predicted molar refractivity (Wildman–Crippen MR) is 73.4 cm³/mol. The Labute approximate surface area is 112 Å². The molecule has 5 heteroatoms. The summed E-state index contributed by atoms with van der Waals surface area (Å²) < 4.78 is 0. The van der Waals surface area contributed by atoms with Gasteiger partial charge in [0.15, 0.2) is 0 Å². The SMILES string of the molecule is O=C(O)CCCCN1CCC(=O)Nc2ccccc21. The van der Waals surface area contributed by atoms with Gasteiger partial charge in [0.1, 0.15) is 0 Å². The Morgan fingerprint density at radius 3 is 2.89 bits per heavy atom. The maximum Gasteiger partial charge on any atom is 0.303 e. The number of carbonyl (C=O) groups excluding carboxylic acids is 1. The lowest BCUT2D eigenvalue weighted by molar-refractivity contribution is -0.137. The first-order valence-corrected chi connectivity index (χ1v) is 6.52. The summed E-state index contributed by atoms with van der Waals surface area (Å²) in [5.41, 5.74) is 1.85. The molecule has 0 spiro atoms. The van der Waals surface area contributed by atoms with E-state index in [1.54, 1.807) is 0 Å². The molecular weight excluding hydrogens is 244 g/mol. The van der Waals surface area contributed by atoms with Gasteiger partial charge in [-0.15, -0.1) is 0 Å². The molecule has 5 nitrogen and oxygen atoms in total. The lowest BCUT2D eigenvalue weighted by atomic mass is 10.2. The Hall–Kier alpha value is -2.04. The monoisotopic (exact) mass is 262 g/mol. The highest BCUT2D eigenvalue weighted by Gasteiger charge is 2.18. The number of nitrogens with one attached hydrogen (secondary N) is 1. The molecule has 1 aliphatic heterocycles. The largest absolute Gasteiger partial charge is 0.481 e. The Kier molecular flexibility index (Phi) is 4.39. The number of para-hydroxylation sites is 2. The zero-order chi connectivity index (χ0) is 13.7. The molecule has 0 atom stereocenters. The molecule has 0 aliphatic carbocycles. The second kappa shape index (κ2) is 6.22. The van der Waals surface area contributed by atoms with Crippen molar-refractivity contribution in [3.63, 3.8) is 0 Å². The number of amides is 1. The van der Waals surface area contributed by atoms with Crippen molar-refractivity contribution in [3.05, 3.63) is 24.3 Å². The maximum atomic E-state index is 11.6. The molecule has 1 amide bonds. The highest BCUT2D eigenvalue weighted by Crippen LogP contribution is 2.28. The van der Waals surface area contributed by atoms with Crippen LogP contribution in [0.15, 0.2) is 24.3 Å². The number of carboxylic acid groups (broad SMARTS) is 1. The van der Waals surface area contributed by atoms with Crippen molar-refractivity contribution in [2.45, 2.75) is 25.7 Å². The van der Waals surface area contributed by atoms with E-state index in [1.807, 2.05) is 24.3 Å². The van der Waals surface area contributed by atoms with Crippen LogP contribution in [0.25, 0.3) is 0 Å². The number of carbonyl (C=O) groups is 2. The summed E-state index contributed by atoms with van der Waals surface area (Å²) in [6.07, 6.45) is 2.14. The predicted octanol–water partition coefficient (Wildman–Crippen LogP) is 2.09. The number of anilines is 2. The third kappa shape index (κ3) is 3.71. The number of hydrogen-bond acceptors (Lipinski definition) is 3. The molecule has 0 unspecified atom stereocenters. The second-order valence-corrected chi connectivity index (χ2v) is 4.65. The number of nitrogens with zero attached hydrogens (tertiary/aromatic N) is 1. The van der Waals surface area contributed by atoms with Gasteiger partial charge >= 0.3 is 5.97 Å². The smallest absolute Gasteiger partial charge is 0.303 e. The minimum absolute atomic E-state index is 0.0282. The number of benzene rings is 1. The third-order valence-electron chi connectivity index (χ3n) is 3.20. The van der Waals surface area contributed by atoms with E-state index >= 15 is 0 Å².